The molecule has 1 unspecified atom stereocenters. The molecule has 0 bridgehead atoms. The van der Waals surface area contributed by atoms with Crippen LogP contribution in [0.3, 0.4) is 0 Å². The van der Waals surface area contributed by atoms with Crippen molar-refractivity contribution in [1.29, 1.82) is 0 Å². The molecule has 0 aliphatic heterocycles. The molecule has 0 fully saturated rings. The molecule has 1 rings (SSSR count). The third-order valence-electron chi connectivity index (χ3n) is 2.65. The summed E-state index contributed by atoms with van der Waals surface area (Å²) in [6.45, 7) is 2.00. The van der Waals surface area contributed by atoms with Crippen molar-refractivity contribution in [1.82, 2.24) is 0 Å². The maximum atomic E-state index is 11.3. The summed E-state index contributed by atoms with van der Waals surface area (Å²) in [5.74, 6) is -1.01. The van der Waals surface area contributed by atoms with E-state index in [1.807, 2.05) is 6.92 Å². The van der Waals surface area contributed by atoms with E-state index in [0.29, 0.717) is 17.0 Å². The Kier molecular flexibility index (Phi) is 6.53. The van der Waals surface area contributed by atoms with Gasteiger partial charge in [0.2, 0.25) is 0 Å². The minimum atomic E-state index is -1.33. The van der Waals surface area contributed by atoms with Crippen LogP contribution in [0.5, 0.6) is 0 Å². The SMILES string of the molecule is CCCCC(N)(C(=O)O)c1cccc(Cl)c1.Cl. The molecule has 0 amide bonds. The van der Waals surface area contributed by atoms with Gasteiger partial charge in [-0.15, -0.1) is 12.4 Å². The first-order valence-electron chi connectivity index (χ1n) is 5.29. The molecular formula is C12H17Cl2NO2. The first-order valence-corrected chi connectivity index (χ1v) is 5.67. The fourth-order valence-corrected chi connectivity index (χ4v) is 1.79. The van der Waals surface area contributed by atoms with E-state index >= 15 is 0 Å². The van der Waals surface area contributed by atoms with Crippen LogP contribution >= 0.6 is 24.0 Å². The van der Waals surface area contributed by atoms with Gasteiger partial charge in [-0.25, -0.2) is 4.79 Å². The molecule has 0 saturated carbocycles. The molecular weight excluding hydrogens is 261 g/mol. The van der Waals surface area contributed by atoms with Gasteiger partial charge in [0, 0.05) is 5.02 Å². The average molecular weight is 278 g/mol. The van der Waals surface area contributed by atoms with Crippen LogP contribution in [-0.4, -0.2) is 11.1 Å². The lowest BCUT2D eigenvalue weighted by atomic mass is 9.86. The van der Waals surface area contributed by atoms with Crippen LogP contribution in [0.15, 0.2) is 24.3 Å². The lowest BCUT2D eigenvalue weighted by Gasteiger charge is -2.25. The fraction of sp³-hybridized carbons (Fsp3) is 0.417. The number of aliphatic carboxylic acids is 1. The van der Waals surface area contributed by atoms with Crippen molar-refractivity contribution in [2.45, 2.75) is 31.7 Å². The van der Waals surface area contributed by atoms with Gasteiger partial charge in [-0.2, -0.15) is 0 Å². The summed E-state index contributed by atoms with van der Waals surface area (Å²) in [6, 6.07) is 6.74. The smallest absolute Gasteiger partial charge is 0.328 e. The number of carbonyl (C=O) groups is 1. The average Bonchev–Trinajstić information content (AvgIpc) is 2.25. The lowest BCUT2D eigenvalue weighted by Crippen LogP contribution is -2.44. The number of benzene rings is 1. The van der Waals surface area contributed by atoms with Crippen molar-refractivity contribution in [2.75, 3.05) is 0 Å². The van der Waals surface area contributed by atoms with Crippen LogP contribution in [0.4, 0.5) is 0 Å². The van der Waals surface area contributed by atoms with Gasteiger partial charge in [0.15, 0.2) is 0 Å². The Balaban J connectivity index is 0.00000256. The maximum Gasteiger partial charge on any atom is 0.328 e. The molecule has 3 nitrogen and oxygen atoms in total. The molecule has 1 aromatic rings. The van der Waals surface area contributed by atoms with Crippen molar-refractivity contribution in [3.05, 3.63) is 34.9 Å². The van der Waals surface area contributed by atoms with Crippen molar-refractivity contribution < 1.29 is 9.90 Å². The van der Waals surface area contributed by atoms with Crippen LogP contribution in [0.1, 0.15) is 31.7 Å². The highest BCUT2D eigenvalue weighted by atomic mass is 35.5. The van der Waals surface area contributed by atoms with E-state index in [4.69, 9.17) is 17.3 Å². The minimum Gasteiger partial charge on any atom is -0.480 e. The Labute approximate surface area is 112 Å². The van der Waals surface area contributed by atoms with E-state index in [1.54, 1.807) is 24.3 Å². The first-order chi connectivity index (χ1) is 7.50. The highest BCUT2D eigenvalue weighted by molar-refractivity contribution is 6.30. The highest BCUT2D eigenvalue weighted by Gasteiger charge is 2.35. The van der Waals surface area contributed by atoms with E-state index in [9.17, 15) is 9.90 Å². The van der Waals surface area contributed by atoms with Crippen LogP contribution in [0.2, 0.25) is 5.02 Å². The minimum absolute atomic E-state index is 0. The molecule has 0 aromatic heterocycles. The molecule has 0 aliphatic rings. The fourth-order valence-electron chi connectivity index (χ4n) is 1.60. The number of rotatable bonds is 5. The van der Waals surface area contributed by atoms with Gasteiger partial charge in [-0.1, -0.05) is 43.5 Å². The van der Waals surface area contributed by atoms with Crippen LogP contribution in [0, 0.1) is 0 Å². The molecule has 96 valence electrons. The topological polar surface area (TPSA) is 63.3 Å². The van der Waals surface area contributed by atoms with Crippen molar-refractivity contribution >= 4 is 30.0 Å². The second kappa shape index (κ2) is 6.84. The maximum absolute atomic E-state index is 11.3. The third-order valence-corrected chi connectivity index (χ3v) is 2.88. The predicted octanol–water partition coefficient (Wildman–Crippen LogP) is 3.19. The summed E-state index contributed by atoms with van der Waals surface area (Å²) in [5.41, 5.74) is 5.18. The Morgan fingerprint density at radius 3 is 2.65 bits per heavy atom. The quantitative estimate of drug-likeness (QED) is 0.869. The summed E-state index contributed by atoms with van der Waals surface area (Å²) in [6.07, 6.45) is 2.10. The zero-order chi connectivity index (χ0) is 12.2. The van der Waals surface area contributed by atoms with Gasteiger partial charge < -0.3 is 10.8 Å². The van der Waals surface area contributed by atoms with Crippen molar-refractivity contribution in [3.63, 3.8) is 0 Å². The molecule has 5 heteroatoms. The van der Waals surface area contributed by atoms with Gasteiger partial charge in [0.05, 0.1) is 0 Å². The largest absolute Gasteiger partial charge is 0.480 e. The van der Waals surface area contributed by atoms with E-state index in [-0.39, 0.29) is 12.4 Å². The number of hydrogen-bond donors (Lipinski definition) is 2. The number of halogens is 2. The van der Waals surface area contributed by atoms with Crippen LogP contribution in [0.25, 0.3) is 0 Å². The molecule has 17 heavy (non-hydrogen) atoms. The van der Waals surface area contributed by atoms with Gasteiger partial charge >= 0.3 is 5.97 Å². The summed E-state index contributed by atoms with van der Waals surface area (Å²) >= 11 is 5.84. The summed E-state index contributed by atoms with van der Waals surface area (Å²) in [7, 11) is 0. The molecule has 0 saturated heterocycles. The van der Waals surface area contributed by atoms with Gasteiger partial charge in [0.25, 0.3) is 0 Å². The Morgan fingerprint density at radius 1 is 1.53 bits per heavy atom. The van der Waals surface area contributed by atoms with Crippen LogP contribution in [-0.2, 0) is 10.3 Å². The number of unbranched alkanes of at least 4 members (excludes halogenated alkanes) is 1. The van der Waals surface area contributed by atoms with E-state index < -0.39 is 11.5 Å². The van der Waals surface area contributed by atoms with E-state index in [0.717, 1.165) is 12.8 Å². The lowest BCUT2D eigenvalue weighted by molar-refractivity contribution is -0.144. The molecule has 0 spiro atoms. The number of carboxylic acids is 1. The first kappa shape index (κ1) is 16.2. The zero-order valence-corrected chi connectivity index (χ0v) is 11.2. The summed E-state index contributed by atoms with van der Waals surface area (Å²) < 4.78 is 0. The second-order valence-electron chi connectivity index (χ2n) is 3.89. The molecule has 3 N–H and O–H groups in total. The van der Waals surface area contributed by atoms with Crippen LogP contribution < -0.4 is 5.73 Å². The molecule has 1 aromatic carbocycles. The molecule has 1 atom stereocenters. The van der Waals surface area contributed by atoms with Gasteiger partial charge in [-0.05, 0) is 24.1 Å². The number of nitrogens with two attached hydrogens (primary N) is 1. The molecule has 0 heterocycles. The third kappa shape index (κ3) is 3.87. The molecule has 0 radical (unpaired) electrons. The summed E-state index contributed by atoms with van der Waals surface area (Å²) in [4.78, 5) is 11.3. The second-order valence-corrected chi connectivity index (χ2v) is 4.33. The highest BCUT2D eigenvalue weighted by Crippen LogP contribution is 2.27. The summed E-state index contributed by atoms with van der Waals surface area (Å²) in [5, 5.41) is 9.74. The monoisotopic (exact) mass is 277 g/mol. The van der Waals surface area contributed by atoms with Gasteiger partial charge in [-0.3, -0.25) is 0 Å². The number of carboxylic acid groups (broad SMARTS) is 1. The Morgan fingerprint density at radius 2 is 2.18 bits per heavy atom. The van der Waals surface area contributed by atoms with Crippen molar-refractivity contribution in [2.24, 2.45) is 5.73 Å². The predicted molar refractivity (Wildman–Crippen MR) is 71.7 cm³/mol. The number of hydrogen-bond acceptors (Lipinski definition) is 2. The van der Waals surface area contributed by atoms with Crippen molar-refractivity contribution in [3.8, 4) is 0 Å². The zero-order valence-electron chi connectivity index (χ0n) is 9.65. The molecule has 0 aliphatic carbocycles. The normalized spacial score (nSPS) is 13.6. The Hall–Kier alpha value is -0.770. The van der Waals surface area contributed by atoms with Gasteiger partial charge in [0.1, 0.15) is 5.54 Å². The van der Waals surface area contributed by atoms with E-state index in [1.165, 1.54) is 0 Å². The Bertz CT molecular complexity index is 385. The van der Waals surface area contributed by atoms with E-state index in [2.05, 4.69) is 0 Å². The standard InChI is InChI=1S/C12H16ClNO2.ClH/c1-2-3-7-12(14,11(15)16)9-5-4-6-10(13)8-9;/h4-6,8H,2-3,7,14H2,1H3,(H,15,16);1H.